The second-order valence-corrected chi connectivity index (χ2v) is 6.52. The Kier molecular flexibility index (Phi) is 9.19. The molecule has 0 saturated carbocycles. The van der Waals surface area contributed by atoms with Crippen LogP contribution < -0.4 is 5.32 Å². The fourth-order valence-electron chi connectivity index (χ4n) is 2.74. The molecule has 2 unspecified atom stereocenters. The Labute approximate surface area is 123 Å². The molecule has 1 aromatic heterocycles. The molecular formula is C17H31NS. The third kappa shape index (κ3) is 6.58. The first kappa shape index (κ1) is 16.7. The van der Waals surface area contributed by atoms with E-state index in [1.165, 1.54) is 49.8 Å². The number of nitrogens with one attached hydrogen (secondary N) is 1. The Hall–Kier alpha value is -0.340. The standard InChI is InChI=1S/C17H31NS/c1-4-7-9-15(6-3)17(18-13-5-2)12-11-16-10-8-14-19-16/h8,10,14-15,17-18H,4-7,9,11-13H2,1-3H3. The normalized spacial score (nSPS) is 14.5. The first-order valence-corrected chi connectivity index (χ1v) is 8.95. The van der Waals surface area contributed by atoms with Crippen LogP contribution in [0.2, 0.25) is 0 Å². The summed E-state index contributed by atoms with van der Waals surface area (Å²) in [6.07, 6.45) is 9.17. The van der Waals surface area contributed by atoms with Gasteiger partial charge in [0.1, 0.15) is 0 Å². The van der Waals surface area contributed by atoms with Gasteiger partial charge >= 0.3 is 0 Å². The van der Waals surface area contributed by atoms with Gasteiger partial charge < -0.3 is 5.32 Å². The molecule has 0 aliphatic heterocycles. The third-order valence-corrected chi connectivity index (χ3v) is 4.90. The fourth-order valence-corrected chi connectivity index (χ4v) is 3.47. The lowest BCUT2D eigenvalue weighted by Gasteiger charge is -2.27. The quantitative estimate of drug-likeness (QED) is 0.583. The van der Waals surface area contributed by atoms with Crippen molar-refractivity contribution in [3.8, 4) is 0 Å². The molecule has 2 atom stereocenters. The average Bonchev–Trinajstić information content (AvgIpc) is 2.94. The molecule has 0 amide bonds. The largest absolute Gasteiger partial charge is 0.314 e. The van der Waals surface area contributed by atoms with Crippen LogP contribution in [0.5, 0.6) is 0 Å². The van der Waals surface area contributed by atoms with E-state index in [9.17, 15) is 0 Å². The molecule has 0 saturated heterocycles. The van der Waals surface area contributed by atoms with E-state index < -0.39 is 0 Å². The van der Waals surface area contributed by atoms with Crippen LogP contribution in [0.25, 0.3) is 0 Å². The van der Waals surface area contributed by atoms with E-state index in [-0.39, 0.29) is 0 Å². The van der Waals surface area contributed by atoms with Crippen molar-refractivity contribution in [2.75, 3.05) is 6.54 Å². The van der Waals surface area contributed by atoms with Gasteiger partial charge in [0.05, 0.1) is 0 Å². The van der Waals surface area contributed by atoms with Gasteiger partial charge in [0.25, 0.3) is 0 Å². The first-order chi connectivity index (χ1) is 9.31. The lowest BCUT2D eigenvalue weighted by Crippen LogP contribution is -2.37. The van der Waals surface area contributed by atoms with Gasteiger partial charge in [-0.2, -0.15) is 0 Å². The van der Waals surface area contributed by atoms with Gasteiger partial charge in [-0.25, -0.2) is 0 Å². The lowest BCUT2D eigenvalue weighted by molar-refractivity contribution is 0.303. The van der Waals surface area contributed by atoms with Crippen molar-refractivity contribution in [3.63, 3.8) is 0 Å². The minimum atomic E-state index is 0.707. The summed E-state index contributed by atoms with van der Waals surface area (Å²) >= 11 is 1.90. The zero-order chi connectivity index (χ0) is 13.9. The molecule has 2 heteroatoms. The van der Waals surface area contributed by atoms with Crippen molar-refractivity contribution >= 4 is 11.3 Å². The number of thiophene rings is 1. The van der Waals surface area contributed by atoms with Crippen LogP contribution in [0.1, 0.15) is 64.2 Å². The van der Waals surface area contributed by atoms with Crippen LogP contribution in [0, 0.1) is 5.92 Å². The van der Waals surface area contributed by atoms with E-state index in [4.69, 9.17) is 0 Å². The first-order valence-electron chi connectivity index (χ1n) is 8.07. The molecule has 0 fully saturated rings. The minimum absolute atomic E-state index is 0.707. The third-order valence-electron chi connectivity index (χ3n) is 3.96. The molecule has 0 aliphatic rings. The Bertz CT molecular complexity index is 294. The SMILES string of the molecule is CCCCC(CC)C(CCc1cccs1)NCCC. The summed E-state index contributed by atoms with van der Waals surface area (Å²) in [4.78, 5) is 1.54. The minimum Gasteiger partial charge on any atom is -0.314 e. The summed E-state index contributed by atoms with van der Waals surface area (Å²) < 4.78 is 0. The lowest BCUT2D eigenvalue weighted by atomic mass is 9.88. The van der Waals surface area contributed by atoms with Crippen molar-refractivity contribution in [2.45, 2.75) is 71.8 Å². The molecular weight excluding hydrogens is 250 g/mol. The number of aryl methyl sites for hydroxylation is 1. The Balaban J connectivity index is 2.47. The molecule has 0 aromatic carbocycles. The Morgan fingerprint density at radius 1 is 1.16 bits per heavy atom. The molecule has 110 valence electrons. The topological polar surface area (TPSA) is 12.0 Å². The van der Waals surface area contributed by atoms with Crippen molar-refractivity contribution < 1.29 is 0 Å². The number of unbranched alkanes of at least 4 members (excludes halogenated alkanes) is 1. The molecule has 1 heterocycles. The van der Waals surface area contributed by atoms with E-state index in [1.807, 2.05) is 11.3 Å². The van der Waals surface area contributed by atoms with Crippen LogP contribution in [-0.2, 0) is 6.42 Å². The maximum atomic E-state index is 3.80. The van der Waals surface area contributed by atoms with Gasteiger partial charge in [0.15, 0.2) is 0 Å². The van der Waals surface area contributed by atoms with Gasteiger partial charge in [-0.15, -0.1) is 11.3 Å². The van der Waals surface area contributed by atoms with Gasteiger partial charge in [-0.05, 0) is 49.6 Å². The van der Waals surface area contributed by atoms with Crippen molar-refractivity contribution in [1.29, 1.82) is 0 Å². The number of hydrogen-bond donors (Lipinski definition) is 1. The second kappa shape index (κ2) is 10.4. The molecule has 1 N–H and O–H groups in total. The van der Waals surface area contributed by atoms with Gasteiger partial charge in [-0.3, -0.25) is 0 Å². The van der Waals surface area contributed by atoms with Crippen LogP contribution in [0.4, 0.5) is 0 Å². The van der Waals surface area contributed by atoms with E-state index >= 15 is 0 Å². The summed E-state index contributed by atoms with van der Waals surface area (Å²) in [5.41, 5.74) is 0. The molecule has 19 heavy (non-hydrogen) atoms. The van der Waals surface area contributed by atoms with E-state index in [2.05, 4.69) is 43.6 Å². The van der Waals surface area contributed by atoms with Crippen LogP contribution in [0.3, 0.4) is 0 Å². The van der Waals surface area contributed by atoms with Crippen molar-refractivity contribution in [2.24, 2.45) is 5.92 Å². The molecule has 1 nitrogen and oxygen atoms in total. The summed E-state index contributed by atoms with van der Waals surface area (Å²) in [5.74, 6) is 0.853. The van der Waals surface area contributed by atoms with Crippen LogP contribution >= 0.6 is 11.3 Å². The Morgan fingerprint density at radius 3 is 2.58 bits per heavy atom. The molecule has 1 rings (SSSR count). The van der Waals surface area contributed by atoms with Gasteiger partial charge in [-0.1, -0.05) is 46.1 Å². The molecule has 0 radical (unpaired) electrons. The molecule has 0 spiro atoms. The zero-order valence-electron chi connectivity index (χ0n) is 13.0. The smallest absolute Gasteiger partial charge is 0.00986 e. The highest BCUT2D eigenvalue weighted by atomic mass is 32.1. The van der Waals surface area contributed by atoms with Gasteiger partial charge in [0.2, 0.25) is 0 Å². The summed E-state index contributed by atoms with van der Waals surface area (Å²) in [6.45, 7) is 8.08. The van der Waals surface area contributed by atoms with Crippen molar-refractivity contribution in [1.82, 2.24) is 5.32 Å². The van der Waals surface area contributed by atoms with Crippen LogP contribution in [-0.4, -0.2) is 12.6 Å². The fraction of sp³-hybridized carbons (Fsp3) is 0.765. The van der Waals surface area contributed by atoms with E-state index in [0.29, 0.717) is 6.04 Å². The predicted octanol–water partition coefficient (Wildman–Crippen LogP) is 5.27. The number of rotatable bonds is 11. The van der Waals surface area contributed by atoms with E-state index in [1.54, 1.807) is 0 Å². The monoisotopic (exact) mass is 281 g/mol. The molecule has 0 aliphatic carbocycles. The summed E-state index contributed by atoms with van der Waals surface area (Å²) in [5, 5.41) is 5.99. The summed E-state index contributed by atoms with van der Waals surface area (Å²) in [7, 11) is 0. The highest BCUT2D eigenvalue weighted by Gasteiger charge is 2.18. The highest BCUT2D eigenvalue weighted by molar-refractivity contribution is 7.09. The highest BCUT2D eigenvalue weighted by Crippen LogP contribution is 2.22. The van der Waals surface area contributed by atoms with Crippen molar-refractivity contribution in [3.05, 3.63) is 22.4 Å². The second-order valence-electron chi connectivity index (χ2n) is 5.49. The zero-order valence-corrected chi connectivity index (χ0v) is 13.8. The molecule has 1 aromatic rings. The number of hydrogen-bond acceptors (Lipinski definition) is 2. The molecule has 0 bridgehead atoms. The Morgan fingerprint density at radius 2 is 2.00 bits per heavy atom. The van der Waals surface area contributed by atoms with Crippen LogP contribution in [0.15, 0.2) is 17.5 Å². The summed E-state index contributed by atoms with van der Waals surface area (Å²) in [6, 6.07) is 5.15. The maximum absolute atomic E-state index is 3.80. The predicted molar refractivity (Wildman–Crippen MR) is 88.0 cm³/mol. The van der Waals surface area contributed by atoms with Gasteiger partial charge in [0, 0.05) is 10.9 Å². The van der Waals surface area contributed by atoms with E-state index in [0.717, 1.165) is 12.5 Å². The average molecular weight is 282 g/mol. The maximum Gasteiger partial charge on any atom is 0.00986 e.